The molecule has 5 heteroatoms. The largest absolute Gasteiger partial charge is 0.454 e. The van der Waals surface area contributed by atoms with E-state index < -0.39 is 29.2 Å². The smallest absolute Gasteiger partial charge is 0.334 e. The van der Waals surface area contributed by atoms with Crippen LogP contribution < -0.4 is 0 Å². The lowest BCUT2D eigenvalue weighted by atomic mass is 9.74. The van der Waals surface area contributed by atoms with E-state index in [-0.39, 0.29) is 11.5 Å². The van der Waals surface area contributed by atoms with Gasteiger partial charge in [-0.05, 0) is 32.8 Å². The lowest BCUT2D eigenvalue weighted by molar-refractivity contribution is -0.187. The van der Waals surface area contributed by atoms with E-state index in [0.29, 0.717) is 5.57 Å². The number of carbonyl (C=O) groups is 2. The van der Waals surface area contributed by atoms with Gasteiger partial charge in [-0.1, -0.05) is 6.58 Å². The molecule has 5 atom stereocenters. The van der Waals surface area contributed by atoms with Crippen molar-refractivity contribution in [2.24, 2.45) is 5.92 Å². The van der Waals surface area contributed by atoms with Crippen molar-refractivity contribution in [2.75, 3.05) is 0 Å². The number of ether oxygens (including phenoxy) is 3. The minimum Gasteiger partial charge on any atom is -0.454 e. The first kappa shape index (κ1) is 12.1. The summed E-state index contributed by atoms with van der Waals surface area (Å²) in [5.74, 6) is -0.937. The van der Waals surface area contributed by atoms with Gasteiger partial charge in [-0.25, -0.2) is 9.59 Å². The minimum atomic E-state index is -0.996. The summed E-state index contributed by atoms with van der Waals surface area (Å²) in [6.45, 7) is 7.65. The molecule has 106 valence electrons. The molecule has 1 aliphatic carbocycles. The molecule has 1 spiro atoms. The normalized spacial score (nSPS) is 52.4. The van der Waals surface area contributed by atoms with Crippen LogP contribution in [-0.2, 0) is 23.8 Å². The summed E-state index contributed by atoms with van der Waals surface area (Å²) in [4.78, 5) is 23.6. The highest BCUT2D eigenvalue weighted by Gasteiger charge is 2.81. The van der Waals surface area contributed by atoms with Crippen molar-refractivity contribution in [2.45, 2.75) is 49.6 Å². The standard InChI is InChI=1S/C15H16O5/c1-8-9-4-6-13(2)15(20-13)7-5-10(16)19-14(15,3)11(9)18-12(8)17/h5,7,9,11H,1,4,6H2,2-3H3/t9-,11+,13+,14-,15+/m0/s1. The van der Waals surface area contributed by atoms with E-state index in [4.69, 9.17) is 14.2 Å². The van der Waals surface area contributed by atoms with Crippen LogP contribution in [0.3, 0.4) is 0 Å². The van der Waals surface area contributed by atoms with Gasteiger partial charge in [0.05, 0.1) is 0 Å². The number of rotatable bonds is 0. The van der Waals surface area contributed by atoms with Crippen LogP contribution in [0.1, 0.15) is 26.7 Å². The predicted molar refractivity (Wildman–Crippen MR) is 67.6 cm³/mol. The van der Waals surface area contributed by atoms with Crippen molar-refractivity contribution in [3.05, 3.63) is 24.3 Å². The highest BCUT2D eigenvalue weighted by molar-refractivity contribution is 5.91. The highest BCUT2D eigenvalue weighted by Crippen LogP contribution is 2.65. The molecule has 20 heavy (non-hydrogen) atoms. The predicted octanol–water partition coefficient (Wildman–Crippen LogP) is 1.28. The lowest BCUT2D eigenvalue weighted by Gasteiger charge is -2.40. The third-order valence-electron chi connectivity index (χ3n) is 5.42. The van der Waals surface area contributed by atoms with E-state index in [2.05, 4.69) is 6.58 Å². The van der Waals surface area contributed by atoms with Crippen LogP contribution in [0.15, 0.2) is 24.3 Å². The van der Waals surface area contributed by atoms with Crippen LogP contribution in [0.2, 0.25) is 0 Å². The second-order valence-electron chi connectivity index (χ2n) is 6.43. The molecule has 0 N–H and O–H groups in total. The second kappa shape index (κ2) is 3.17. The average molecular weight is 276 g/mol. The third-order valence-corrected chi connectivity index (χ3v) is 5.42. The Balaban J connectivity index is 1.88. The SMILES string of the molecule is C=C1C(=O)O[C@@H]2[C@H]1CC[C@@]1(C)O[C@]13C=CC(=O)O[C@@]23C. The Labute approximate surface area is 116 Å². The number of fused-ring (bicyclic) bond motifs is 2. The maximum Gasteiger partial charge on any atom is 0.334 e. The van der Waals surface area contributed by atoms with E-state index in [0.717, 1.165) is 12.8 Å². The van der Waals surface area contributed by atoms with E-state index in [1.54, 1.807) is 13.0 Å². The molecule has 3 heterocycles. The van der Waals surface area contributed by atoms with Crippen LogP contribution in [-0.4, -0.2) is 34.8 Å². The summed E-state index contributed by atoms with van der Waals surface area (Å²) >= 11 is 0. The van der Waals surface area contributed by atoms with Crippen molar-refractivity contribution in [3.8, 4) is 0 Å². The third kappa shape index (κ3) is 1.10. The Hall–Kier alpha value is -1.62. The average Bonchev–Trinajstić information content (AvgIpc) is 2.89. The summed E-state index contributed by atoms with van der Waals surface area (Å²) in [6, 6.07) is 0. The molecule has 5 nitrogen and oxygen atoms in total. The van der Waals surface area contributed by atoms with Crippen molar-refractivity contribution < 1.29 is 23.8 Å². The molecule has 3 fully saturated rings. The molecule has 1 saturated carbocycles. The fourth-order valence-corrected chi connectivity index (χ4v) is 4.20. The number of hydrogen-bond acceptors (Lipinski definition) is 5. The Kier molecular flexibility index (Phi) is 1.92. The number of epoxide rings is 1. The molecule has 4 rings (SSSR count). The zero-order valence-corrected chi connectivity index (χ0v) is 11.5. The summed E-state index contributed by atoms with van der Waals surface area (Å²) in [5.41, 5.74) is -1.60. The summed E-state index contributed by atoms with van der Waals surface area (Å²) in [7, 11) is 0. The second-order valence-corrected chi connectivity index (χ2v) is 6.43. The quantitative estimate of drug-likeness (QED) is 0.379. The minimum absolute atomic E-state index is 0.114. The van der Waals surface area contributed by atoms with E-state index in [9.17, 15) is 9.59 Å². The first-order valence-corrected chi connectivity index (χ1v) is 6.85. The Morgan fingerprint density at radius 2 is 2.10 bits per heavy atom. The van der Waals surface area contributed by atoms with Crippen molar-refractivity contribution in [1.29, 1.82) is 0 Å². The molecule has 0 amide bonds. The molecule has 0 aromatic rings. The summed E-state index contributed by atoms with van der Waals surface area (Å²) in [5, 5.41) is 0. The molecule has 0 radical (unpaired) electrons. The van der Waals surface area contributed by atoms with Crippen LogP contribution in [0.5, 0.6) is 0 Å². The van der Waals surface area contributed by atoms with E-state index in [1.807, 2.05) is 6.92 Å². The maximum atomic E-state index is 11.8. The van der Waals surface area contributed by atoms with Gasteiger partial charge in [0.25, 0.3) is 0 Å². The van der Waals surface area contributed by atoms with Crippen LogP contribution >= 0.6 is 0 Å². The van der Waals surface area contributed by atoms with Crippen molar-refractivity contribution in [1.82, 2.24) is 0 Å². The highest BCUT2D eigenvalue weighted by atomic mass is 16.7. The van der Waals surface area contributed by atoms with Crippen molar-refractivity contribution >= 4 is 11.9 Å². The Morgan fingerprint density at radius 1 is 1.35 bits per heavy atom. The molecule has 0 aromatic heterocycles. The Morgan fingerprint density at radius 3 is 2.85 bits per heavy atom. The number of carbonyl (C=O) groups excluding carboxylic acids is 2. The molecule has 0 unspecified atom stereocenters. The molecule has 0 aromatic carbocycles. The zero-order chi connectivity index (χ0) is 14.3. The molecular weight excluding hydrogens is 260 g/mol. The van der Waals surface area contributed by atoms with Gasteiger partial charge >= 0.3 is 11.9 Å². The van der Waals surface area contributed by atoms with E-state index in [1.165, 1.54) is 6.08 Å². The van der Waals surface area contributed by atoms with Gasteiger partial charge in [0.1, 0.15) is 5.60 Å². The van der Waals surface area contributed by atoms with Gasteiger partial charge in [0.15, 0.2) is 17.3 Å². The first-order valence-electron chi connectivity index (χ1n) is 6.85. The molecule has 0 bridgehead atoms. The zero-order valence-electron chi connectivity index (χ0n) is 11.5. The number of hydrogen-bond donors (Lipinski definition) is 0. The van der Waals surface area contributed by atoms with Crippen molar-refractivity contribution in [3.63, 3.8) is 0 Å². The molecule has 3 aliphatic heterocycles. The van der Waals surface area contributed by atoms with Crippen LogP contribution in [0.4, 0.5) is 0 Å². The van der Waals surface area contributed by atoms with E-state index >= 15 is 0 Å². The van der Waals surface area contributed by atoms with Crippen LogP contribution in [0.25, 0.3) is 0 Å². The van der Waals surface area contributed by atoms with Gasteiger partial charge in [0.2, 0.25) is 0 Å². The first-order chi connectivity index (χ1) is 9.33. The molecular formula is C15H16O5. The van der Waals surface area contributed by atoms with Gasteiger partial charge < -0.3 is 14.2 Å². The van der Waals surface area contributed by atoms with Gasteiger partial charge in [-0.2, -0.15) is 0 Å². The molecule has 4 aliphatic rings. The fourth-order valence-electron chi connectivity index (χ4n) is 4.20. The lowest BCUT2D eigenvalue weighted by Crippen LogP contribution is -2.59. The van der Waals surface area contributed by atoms with Crippen LogP contribution in [0, 0.1) is 5.92 Å². The maximum absolute atomic E-state index is 11.8. The number of esters is 2. The monoisotopic (exact) mass is 276 g/mol. The topological polar surface area (TPSA) is 65.1 Å². The summed E-state index contributed by atoms with van der Waals surface area (Å²) < 4.78 is 17.1. The van der Waals surface area contributed by atoms with Gasteiger partial charge in [0, 0.05) is 17.6 Å². The van der Waals surface area contributed by atoms with Gasteiger partial charge in [-0.3, -0.25) is 0 Å². The van der Waals surface area contributed by atoms with Gasteiger partial charge in [-0.15, -0.1) is 0 Å². The Bertz CT molecular complexity index is 593. The molecule has 2 saturated heterocycles. The summed E-state index contributed by atoms with van der Waals surface area (Å²) in [6.07, 6.45) is 4.17. The fraction of sp³-hybridized carbons (Fsp3) is 0.600.